The summed E-state index contributed by atoms with van der Waals surface area (Å²) in [5.74, 6) is 0.903. The van der Waals surface area contributed by atoms with Crippen LogP contribution in [0, 0.1) is 0 Å². The van der Waals surface area contributed by atoms with Crippen LogP contribution < -0.4 is 5.32 Å². The van der Waals surface area contributed by atoms with Crippen LogP contribution in [0.1, 0.15) is 18.2 Å². The van der Waals surface area contributed by atoms with Gasteiger partial charge >= 0.3 is 0 Å². The van der Waals surface area contributed by atoms with E-state index in [2.05, 4.69) is 28.5 Å². The van der Waals surface area contributed by atoms with Crippen LogP contribution in [-0.2, 0) is 5.75 Å². The SMILES string of the molecule is CCCNc1nnc(SCc2ccc(Cl)s2)s1. The second kappa shape index (κ2) is 6.58. The lowest BCUT2D eigenvalue weighted by molar-refractivity contribution is 0.951. The van der Waals surface area contributed by atoms with Gasteiger partial charge in [-0.1, -0.05) is 41.6 Å². The van der Waals surface area contributed by atoms with Crippen molar-refractivity contribution in [3.8, 4) is 0 Å². The van der Waals surface area contributed by atoms with Gasteiger partial charge in [0, 0.05) is 17.2 Å². The minimum absolute atomic E-state index is 0.836. The van der Waals surface area contributed by atoms with E-state index < -0.39 is 0 Å². The summed E-state index contributed by atoms with van der Waals surface area (Å²) in [5.41, 5.74) is 0. The minimum Gasteiger partial charge on any atom is -0.360 e. The van der Waals surface area contributed by atoms with Gasteiger partial charge in [0.05, 0.1) is 4.34 Å². The van der Waals surface area contributed by atoms with Crippen molar-refractivity contribution < 1.29 is 0 Å². The number of nitrogens with zero attached hydrogens (tertiary/aromatic N) is 2. The molecule has 7 heteroatoms. The lowest BCUT2D eigenvalue weighted by Crippen LogP contribution is -1.98. The summed E-state index contributed by atoms with van der Waals surface area (Å²) in [7, 11) is 0. The van der Waals surface area contributed by atoms with Crippen LogP contribution >= 0.6 is 46.0 Å². The minimum atomic E-state index is 0.836. The van der Waals surface area contributed by atoms with Crippen molar-refractivity contribution in [2.24, 2.45) is 0 Å². The third-order valence-electron chi connectivity index (χ3n) is 1.90. The second-order valence-corrected chi connectivity index (χ2v) is 7.29. The number of hydrogen-bond donors (Lipinski definition) is 1. The molecule has 0 aromatic carbocycles. The van der Waals surface area contributed by atoms with Gasteiger partial charge in [0.25, 0.3) is 0 Å². The molecule has 0 bridgehead atoms. The highest BCUT2D eigenvalue weighted by Gasteiger charge is 2.05. The van der Waals surface area contributed by atoms with Crippen LogP contribution in [0.5, 0.6) is 0 Å². The first-order valence-electron chi connectivity index (χ1n) is 5.22. The number of hydrogen-bond acceptors (Lipinski definition) is 6. The average Bonchev–Trinajstić information content (AvgIpc) is 2.93. The molecule has 2 heterocycles. The zero-order valence-electron chi connectivity index (χ0n) is 9.27. The Labute approximate surface area is 118 Å². The van der Waals surface area contributed by atoms with Gasteiger partial charge in [0.15, 0.2) is 4.34 Å². The van der Waals surface area contributed by atoms with Crippen LogP contribution in [0.4, 0.5) is 5.13 Å². The number of aromatic nitrogens is 2. The Hall–Kier alpha value is -0.300. The summed E-state index contributed by atoms with van der Waals surface area (Å²) in [6, 6.07) is 3.98. The summed E-state index contributed by atoms with van der Waals surface area (Å²) in [4.78, 5) is 1.26. The van der Waals surface area contributed by atoms with Crippen LogP contribution in [0.3, 0.4) is 0 Å². The highest BCUT2D eigenvalue weighted by molar-refractivity contribution is 8.00. The topological polar surface area (TPSA) is 37.8 Å². The molecular weight excluding hydrogens is 294 g/mol. The van der Waals surface area contributed by atoms with Gasteiger partial charge < -0.3 is 5.32 Å². The third kappa shape index (κ3) is 4.13. The molecule has 0 aliphatic rings. The number of halogens is 1. The molecule has 2 aromatic rings. The monoisotopic (exact) mass is 305 g/mol. The van der Waals surface area contributed by atoms with Crippen LogP contribution in [0.15, 0.2) is 16.5 Å². The Balaban J connectivity index is 1.84. The number of thioether (sulfide) groups is 1. The first-order chi connectivity index (χ1) is 8.28. The zero-order valence-corrected chi connectivity index (χ0v) is 12.5. The third-order valence-corrected chi connectivity index (χ3v) is 5.38. The molecule has 17 heavy (non-hydrogen) atoms. The predicted octanol–water partition coefficient (Wildman–Crippen LogP) is 4.37. The van der Waals surface area contributed by atoms with Gasteiger partial charge in [0.1, 0.15) is 0 Å². The van der Waals surface area contributed by atoms with E-state index in [0.29, 0.717) is 0 Å². The van der Waals surface area contributed by atoms with Crippen LogP contribution in [0.2, 0.25) is 4.34 Å². The molecule has 92 valence electrons. The molecule has 0 atom stereocenters. The summed E-state index contributed by atoms with van der Waals surface area (Å²) < 4.78 is 1.83. The number of thiophene rings is 1. The average molecular weight is 306 g/mol. The molecule has 0 radical (unpaired) electrons. The van der Waals surface area contributed by atoms with E-state index >= 15 is 0 Å². The summed E-state index contributed by atoms with van der Waals surface area (Å²) >= 11 is 10.8. The highest BCUT2D eigenvalue weighted by atomic mass is 35.5. The Morgan fingerprint density at radius 2 is 2.24 bits per heavy atom. The Bertz CT molecular complexity index is 469. The van der Waals surface area contributed by atoms with E-state index in [-0.39, 0.29) is 0 Å². The number of anilines is 1. The van der Waals surface area contributed by atoms with Gasteiger partial charge in [-0.15, -0.1) is 21.5 Å². The zero-order chi connectivity index (χ0) is 12.1. The summed E-state index contributed by atoms with van der Waals surface area (Å²) in [6.07, 6.45) is 1.09. The van der Waals surface area contributed by atoms with Crippen molar-refractivity contribution in [2.45, 2.75) is 23.4 Å². The van der Waals surface area contributed by atoms with E-state index in [1.165, 1.54) is 4.88 Å². The maximum absolute atomic E-state index is 5.88. The Morgan fingerprint density at radius 1 is 1.35 bits per heavy atom. The largest absolute Gasteiger partial charge is 0.360 e. The molecule has 0 amide bonds. The van der Waals surface area contributed by atoms with Crippen molar-refractivity contribution in [3.63, 3.8) is 0 Å². The second-order valence-electron chi connectivity index (χ2n) is 3.29. The van der Waals surface area contributed by atoms with E-state index in [0.717, 1.165) is 32.5 Å². The lowest BCUT2D eigenvalue weighted by Gasteiger charge is -1.95. The molecule has 0 aliphatic carbocycles. The number of nitrogens with one attached hydrogen (secondary N) is 1. The van der Waals surface area contributed by atoms with Gasteiger partial charge in [-0.05, 0) is 18.6 Å². The fourth-order valence-electron chi connectivity index (χ4n) is 1.13. The maximum Gasteiger partial charge on any atom is 0.206 e. The van der Waals surface area contributed by atoms with Crippen molar-refractivity contribution in [2.75, 3.05) is 11.9 Å². The first-order valence-corrected chi connectivity index (χ1v) is 8.22. The van der Waals surface area contributed by atoms with Crippen molar-refractivity contribution in [3.05, 3.63) is 21.3 Å². The molecule has 1 N–H and O–H groups in total. The van der Waals surface area contributed by atoms with E-state index in [1.54, 1.807) is 34.4 Å². The molecule has 2 rings (SSSR count). The van der Waals surface area contributed by atoms with Gasteiger partial charge in [-0.3, -0.25) is 0 Å². The molecular formula is C10H12ClN3S3. The predicted molar refractivity (Wildman–Crippen MR) is 77.6 cm³/mol. The van der Waals surface area contributed by atoms with Crippen molar-refractivity contribution in [1.29, 1.82) is 0 Å². The molecule has 0 spiro atoms. The Morgan fingerprint density at radius 3 is 2.94 bits per heavy atom. The van der Waals surface area contributed by atoms with Gasteiger partial charge in [-0.25, -0.2) is 0 Å². The molecule has 0 fully saturated rings. The molecule has 0 saturated heterocycles. The van der Waals surface area contributed by atoms with E-state index in [9.17, 15) is 0 Å². The van der Waals surface area contributed by atoms with Gasteiger partial charge in [-0.2, -0.15) is 0 Å². The van der Waals surface area contributed by atoms with Crippen molar-refractivity contribution in [1.82, 2.24) is 10.2 Å². The fourth-order valence-corrected chi connectivity index (χ4v) is 4.04. The smallest absolute Gasteiger partial charge is 0.206 e. The highest BCUT2D eigenvalue weighted by Crippen LogP contribution is 2.31. The summed E-state index contributed by atoms with van der Waals surface area (Å²) in [5, 5.41) is 12.3. The van der Waals surface area contributed by atoms with E-state index in [1.807, 2.05) is 6.07 Å². The molecule has 0 saturated carbocycles. The van der Waals surface area contributed by atoms with Crippen LogP contribution in [0.25, 0.3) is 0 Å². The van der Waals surface area contributed by atoms with E-state index in [4.69, 9.17) is 11.6 Å². The Kier molecular flexibility index (Phi) is 5.09. The first kappa shape index (κ1) is 13.1. The normalized spacial score (nSPS) is 10.7. The van der Waals surface area contributed by atoms with Gasteiger partial charge in [0.2, 0.25) is 5.13 Å². The van der Waals surface area contributed by atoms with Crippen molar-refractivity contribution >= 4 is 51.2 Å². The summed E-state index contributed by atoms with van der Waals surface area (Å²) in [6.45, 7) is 3.07. The number of rotatable bonds is 6. The molecule has 0 unspecified atom stereocenters. The molecule has 2 aromatic heterocycles. The van der Waals surface area contributed by atoms with Crippen LogP contribution in [-0.4, -0.2) is 16.7 Å². The fraction of sp³-hybridized carbons (Fsp3) is 0.400. The maximum atomic E-state index is 5.88. The quantitative estimate of drug-likeness (QED) is 0.804. The molecule has 0 aliphatic heterocycles. The lowest BCUT2D eigenvalue weighted by atomic mass is 10.5. The standard InChI is InChI=1S/C10H12ClN3S3/c1-2-5-12-9-13-14-10(17-9)15-6-7-3-4-8(11)16-7/h3-4H,2,5-6H2,1H3,(H,12,13). The molecule has 3 nitrogen and oxygen atoms in total.